The van der Waals surface area contributed by atoms with Crippen LogP contribution in [0.5, 0.6) is 0 Å². The lowest BCUT2D eigenvalue weighted by Gasteiger charge is -2.03. The van der Waals surface area contributed by atoms with Crippen molar-refractivity contribution >= 4 is 17.4 Å². The van der Waals surface area contributed by atoms with Crippen molar-refractivity contribution in [2.24, 2.45) is 4.99 Å². The zero-order chi connectivity index (χ0) is 12.7. The summed E-state index contributed by atoms with van der Waals surface area (Å²) in [6, 6.07) is 3.45. The third kappa shape index (κ3) is 5.26. The number of nitrogens with zero attached hydrogens (tertiary/aromatic N) is 3. The topological polar surface area (TPSA) is 80.4 Å². The average molecular weight is 257 g/mol. The van der Waals surface area contributed by atoms with Gasteiger partial charge in [0.05, 0.1) is 6.54 Å². The molecule has 0 unspecified atom stereocenters. The van der Waals surface area contributed by atoms with Gasteiger partial charge in [-0.2, -0.15) is 0 Å². The summed E-state index contributed by atoms with van der Waals surface area (Å²) in [5.74, 6) is 0.368. The Labute approximate surface area is 104 Å². The fourth-order valence-electron chi connectivity index (χ4n) is 1.17. The number of rotatable bonds is 5. The maximum absolute atomic E-state index is 10.4. The van der Waals surface area contributed by atoms with E-state index in [2.05, 4.69) is 15.3 Å². The Kier molecular flexibility index (Phi) is 5.35. The molecule has 1 aromatic rings. The molecule has 92 valence electrons. The largest absolute Gasteiger partial charge is 0.369 e. The maximum Gasteiger partial charge on any atom is 0.259 e. The van der Waals surface area contributed by atoms with Crippen molar-refractivity contribution in [1.82, 2.24) is 10.3 Å². The quantitative estimate of drug-likeness (QED) is 0.285. The predicted octanol–water partition coefficient (Wildman–Crippen LogP) is 1.52. The van der Waals surface area contributed by atoms with Gasteiger partial charge < -0.3 is 5.32 Å². The number of nitro groups is 1. The molecule has 0 aromatic carbocycles. The van der Waals surface area contributed by atoms with Crippen LogP contribution in [0.2, 0.25) is 5.15 Å². The van der Waals surface area contributed by atoms with Crippen molar-refractivity contribution in [3.63, 3.8) is 0 Å². The Hall–Kier alpha value is -1.69. The van der Waals surface area contributed by atoms with E-state index in [4.69, 9.17) is 11.6 Å². The molecule has 0 aliphatic heterocycles. The molecule has 1 rings (SSSR count). The second-order valence-corrected chi connectivity index (χ2v) is 3.66. The number of hydrogen-bond acceptors (Lipinski definition) is 4. The number of nitrogens with one attached hydrogen (secondary N) is 1. The van der Waals surface area contributed by atoms with E-state index in [1.165, 1.54) is 0 Å². The van der Waals surface area contributed by atoms with Crippen molar-refractivity contribution in [2.75, 3.05) is 13.1 Å². The van der Waals surface area contributed by atoms with E-state index in [-0.39, 0.29) is 6.54 Å². The Bertz CT molecular complexity index is 405. The molecule has 0 bridgehead atoms. The van der Waals surface area contributed by atoms with Crippen molar-refractivity contribution in [3.05, 3.63) is 39.2 Å². The van der Waals surface area contributed by atoms with Crippen LogP contribution in [-0.4, -0.2) is 28.8 Å². The van der Waals surface area contributed by atoms with Crippen molar-refractivity contribution in [2.45, 2.75) is 13.5 Å². The van der Waals surface area contributed by atoms with Crippen LogP contribution >= 0.6 is 11.6 Å². The molecule has 0 atom stereocenters. The van der Waals surface area contributed by atoms with Gasteiger partial charge >= 0.3 is 0 Å². The highest BCUT2D eigenvalue weighted by atomic mass is 35.5. The van der Waals surface area contributed by atoms with E-state index < -0.39 is 4.92 Å². The summed E-state index contributed by atoms with van der Waals surface area (Å²) in [5.41, 5.74) is 0.855. The number of likely N-dealkylation sites (N-methyl/N-ethyl adjacent to an activating group) is 1. The van der Waals surface area contributed by atoms with Crippen molar-refractivity contribution in [1.29, 1.82) is 0 Å². The van der Waals surface area contributed by atoms with Gasteiger partial charge in [0.15, 0.2) is 5.84 Å². The van der Waals surface area contributed by atoms with Crippen LogP contribution in [0.3, 0.4) is 0 Å². The Morgan fingerprint density at radius 2 is 2.41 bits per heavy atom. The first-order chi connectivity index (χ1) is 8.11. The number of halogens is 1. The normalized spacial score (nSPS) is 11.3. The number of aromatic nitrogens is 1. The predicted molar refractivity (Wildman–Crippen MR) is 65.9 cm³/mol. The van der Waals surface area contributed by atoms with Crippen LogP contribution in [0.4, 0.5) is 0 Å². The van der Waals surface area contributed by atoms with Gasteiger partial charge in [-0.25, -0.2) is 4.98 Å². The lowest BCUT2D eigenvalue weighted by Crippen LogP contribution is -2.30. The molecular formula is C10H13ClN4O2. The zero-order valence-electron chi connectivity index (χ0n) is 9.39. The van der Waals surface area contributed by atoms with Crippen LogP contribution in [0.15, 0.2) is 23.3 Å². The van der Waals surface area contributed by atoms with Crippen LogP contribution in [0.25, 0.3) is 0 Å². The molecule has 17 heavy (non-hydrogen) atoms. The summed E-state index contributed by atoms with van der Waals surface area (Å²) in [7, 11) is 0. The summed E-state index contributed by atoms with van der Waals surface area (Å²) in [6.07, 6.45) is 1.60. The first-order valence-corrected chi connectivity index (χ1v) is 5.49. The van der Waals surface area contributed by atoms with Gasteiger partial charge in [-0.15, -0.1) is 0 Å². The van der Waals surface area contributed by atoms with Crippen LogP contribution in [0, 0.1) is 10.1 Å². The van der Waals surface area contributed by atoms with Gasteiger partial charge in [0, 0.05) is 17.7 Å². The van der Waals surface area contributed by atoms with Gasteiger partial charge in [0.1, 0.15) is 5.15 Å². The number of hydrogen-bond donors (Lipinski definition) is 1. The molecule has 1 heterocycles. The zero-order valence-corrected chi connectivity index (χ0v) is 10.1. The van der Waals surface area contributed by atoms with Crippen molar-refractivity contribution in [3.8, 4) is 0 Å². The Morgan fingerprint density at radius 3 is 2.94 bits per heavy atom. The molecule has 7 heteroatoms. The molecule has 0 spiro atoms. The van der Waals surface area contributed by atoms with E-state index in [9.17, 15) is 10.1 Å². The fraction of sp³-hybridized carbons (Fsp3) is 0.400. The van der Waals surface area contributed by atoms with E-state index in [0.717, 1.165) is 5.56 Å². The fourth-order valence-corrected chi connectivity index (χ4v) is 1.29. The van der Waals surface area contributed by atoms with Gasteiger partial charge in [0.25, 0.3) is 6.54 Å². The van der Waals surface area contributed by atoms with Gasteiger partial charge in [-0.1, -0.05) is 17.7 Å². The van der Waals surface area contributed by atoms with Gasteiger partial charge in [-0.3, -0.25) is 15.1 Å². The summed E-state index contributed by atoms with van der Waals surface area (Å²) >= 11 is 5.64. The lowest BCUT2D eigenvalue weighted by molar-refractivity contribution is -0.463. The molecule has 0 amide bonds. The molecule has 0 saturated heterocycles. The SMILES string of the molecule is CCNC(C[N+](=O)[O-])=NCc1ccc(Cl)nc1. The standard InChI is InChI=1S/C10H13ClN4O2/c1-2-12-10(7-15(16)17)14-6-8-3-4-9(11)13-5-8/h3-5H,2,6-7H2,1H3,(H,12,14). The highest BCUT2D eigenvalue weighted by Crippen LogP contribution is 2.06. The summed E-state index contributed by atoms with van der Waals surface area (Å²) in [5, 5.41) is 13.7. The molecule has 0 radical (unpaired) electrons. The lowest BCUT2D eigenvalue weighted by atomic mass is 10.3. The van der Waals surface area contributed by atoms with E-state index >= 15 is 0 Å². The minimum atomic E-state index is -0.415. The van der Waals surface area contributed by atoms with E-state index in [1.54, 1.807) is 18.3 Å². The monoisotopic (exact) mass is 256 g/mol. The molecule has 1 N–H and O–H groups in total. The molecule has 0 saturated carbocycles. The van der Waals surface area contributed by atoms with Crippen LogP contribution < -0.4 is 5.32 Å². The Morgan fingerprint density at radius 1 is 1.65 bits per heavy atom. The maximum atomic E-state index is 10.4. The number of aliphatic imine (C=N–C) groups is 1. The number of pyridine rings is 1. The van der Waals surface area contributed by atoms with E-state index in [1.807, 2.05) is 6.92 Å². The Balaban J connectivity index is 2.64. The molecule has 0 aliphatic rings. The summed E-state index contributed by atoms with van der Waals surface area (Å²) < 4.78 is 0. The van der Waals surface area contributed by atoms with Crippen molar-refractivity contribution < 1.29 is 4.92 Å². The minimum absolute atomic E-state index is 0.297. The van der Waals surface area contributed by atoms with E-state index in [0.29, 0.717) is 24.1 Å². The van der Waals surface area contributed by atoms with Crippen LogP contribution in [-0.2, 0) is 6.54 Å². The smallest absolute Gasteiger partial charge is 0.259 e. The molecule has 0 aliphatic carbocycles. The minimum Gasteiger partial charge on any atom is -0.369 e. The highest BCUT2D eigenvalue weighted by molar-refractivity contribution is 6.29. The third-order valence-electron chi connectivity index (χ3n) is 1.90. The molecule has 6 nitrogen and oxygen atoms in total. The first kappa shape index (κ1) is 13.4. The van der Waals surface area contributed by atoms with Gasteiger partial charge in [0.2, 0.25) is 0 Å². The van der Waals surface area contributed by atoms with Crippen LogP contribution in [0.1, 0.15) is 12.5 Å². The van der Waals surface area contributed by atoms with Gasteiger partial charge in [-0.05, 0) is 18.6 Å². The number of amidine groups is 1. The molecule has 1 aromatic heterocycles. The third-order valence-corrected chi connectivity index (χ3v) is 2.12. The second-order valence-electron chi connectivity index (χ2n) is 3.27. The average Bonchev–Trinajstić information content (AvgIpc) is 2.27. The highest BCUT2D eigenvalue weighted by Gasteiger charge is 2.05. The summed E-state index contributed by atoms with van der Waals surface area (Å²) in [6.45, 7) is 2.51. The summed E-state index contributed by atoms with van der Waals surface area (Å²) in [4.78, 5) is 18.0. The molecule has 0 fully saturated rings. The molecular weight excluding hydrogens is 244 g/mol. The first-order valence-electron chi connectivity index (χ1n) is 5.11. The second kappa shape index (κ2) is 6.80.